The maximum Gasteiger partial charge on any atom is 0.348 e. The van der Waals surface area contributed by atoms with E-state index in [1.54, 1.807) is 12.1 Å². The van der Waals surface area contributed by atoms with E-state index in [2.05, 4.69) is 0 Å². The molecule has 0 saturated heterocycles. The van der Waals surface area contributed by atoms with Crippen LogP contribution in [0.1, 0.15) is 0 Å². The van der Waals surface area contributed by atoms with Crippen LogP contribution in [0.3, 0.4) is 0 Å². The molecule has 0 atom stereocenters. The Balaban J connectivity index is 2.46. The lowest BCUT2D eigenvalue weighted by Crippen LogP contribution is -2.02. The Morgan fingerprint density at radius 2 is 1.60 bits per heavy atom. The van der Waals surface area contributed by atoms with Crippen LogP contribution in [0.15, 0.2) is 45.6 Å². The van der Waals surface area contributed by atoms with Crippen LogP contribution in [0.5, 0.6) is 11.5 Å². The summed E-state index contributed by atoms with van der Waals surface area (Å²) in [5.41, 5.74) is -0.142. The van der Waals surface area contributed by atoms with Crippen LogP contribution in [-0.2, 0) is 0 Å². The van der Waals surface area contributed by atoms with Gasteiger partial charge in [0.15, 0.2) is 11.3 Å². The van der Waals surface area contributed by atoms with Gasteiger partial charge < -0.3 is 14.3 Å². The summed E-state index contributed by atoms with van der Waals surface area (Å²) in [6.45, 7) is 0. The van der Waals surface area contributed by atoms with Crippen molar-refractivity contribution in [2.24, 2.45) is 0 Å². The van der Waals surface area contributed by atoms with Crippen molar-refractivity contribution in [2.75, 3.05) is 7.11 Å². The Bertz CT molecular complexity index is 1010. The highest BCUT2D eigenvalue weighted by Gasteiger charge is 2.18. The zero-order valence-electron chi connectivity index (χ0n) is 10.6. The summed E-state index contributed by atoms with van der Waals surface area (Å²) in [6.07, 6.45) is 0. The molecule has 0 fully saturated rings. The van der Waals surface area contributed by atoms with Gasteiger partial charge in [-0.1, -0.05) is 24.3 Å². The maximum absolute atomic E-state index is 12.2. The predicted molar refractivity (Wildman–Crippen MR) is 76.9 cm³/mol. The lowest BCUT2D eigenvalue weighted by molar-refractivity contribution is 0.407. The zero-order valence-corrected chi connectivity index (χ0v) is 10.6. The molecule has 1 N–H and O–H groups in total. The summed E-state index contributed by atoms with van der Waals surface area (Å²) in [5, 5.41) is 13.5. The summed E-state index contributed by atoms with van der Waals surface area (Å²) in [4.78, 5) is 12.2. The number of methoxy groups -OCH3 is 1. The molecule has 3 aromatic carbocycles. The van der Waals surface area contributed by atoms with E-state index in [1.807, 2.05) is 18.2 Å². The van der Waals surface area contributed by atoms with Crippen molar-refractivity contribution >= 4 is 32.5 Å². The Kier molecular flexibility index (Phi) is 2.02. The topological polar surface area (TPSA) is 59.7 Å². The van der Waals surface area contributed by atoms with E-state index >= 15 is 0 Å². The monoisotopic (exact) mass is 266 g/mol. The van der Waals surface area contributed by atoms with Crippen LogP contribution < -0.4 is 10.4 Å². The molecule has 0 unspecified atom stereocenters. The number of ether oxygens (including phenoxy) is 1. The van der Waals surface area contributed by atoms with Crippen LogP contribution in [0, 0.1) is 0 Å². The minimum absolute atomic E-state index is 0.0662. The Hall–Kier alpha value is -2.75. The Morgan fingerprint density at radius 3 is 2.35 bits per heavy atom. The average Bonchev–Trinajstić information content (AvgIpc) is 2.46. The number of aromatic hydroxyl groups is 1. The van der Waals surface area contributed by atoms with Crippen LogP contribution in [0.25, 0.3) is 32.5 Å². The number of phenols is 1. The van der Waals surface area contributed by atoms with Crippen LogP contribution >= 0.6 is 0 Å². The van der Waals surface area contributed by atoms with Crippen molar-refractivity contribution in [2.45, 2.75) is 0 Å². The van der Waals surface area contributed by atoms with E-state index in [0.29, 0.717) is 16.7 Å². The van der Waals surface area contributed by atoms with Gasteiger partial charge in [0, 0.05) is 10.8 Å². The molecule has 4 aromatic rings. The van der Waals surface area contributed by atoms with Gasteiger partial charge in [-0.15, -0.1) is 0 Å². The zero-order chi connectivity index (χ0) is 13.9. The molecular weight excluding hydrogens is 256 g/mol. The molecule has 0 aliphatic rings. The minimum atomic E-state index is -0.558. The van der Waals surface area contributed by atoms with E-state index in [9.17, 15) is 9.90 Å². The fourth-order valence-corrected chi connectivity index (χ4v) is 2.78. The van der Waals surface area contributed by atoms with Crippen molar-refractivity contribution in [3.8, 4) is 11.5 Å². The van der Waals surface area contributed by atoms with E-state index in [-0.39, 0.29) is 11.1 Å². The maximum atomic E-state index is 12.2. The first-order valence-corrected chi connectivity index (χ1v) is 6.18. The van der Waals surface area contributed by atoms with E-state index in [4.69, 9.17) is 9.15 Å². The first-order chi connectivity index (χ1) is 9.70. The number of phenolic OH excluding ortho intramolecular Hbond substituents is 1. The molecule has 0 spiro atoms. The second kappa shape index (κ2) is 3.63. The average molecular weight is 266 g/mol. The smallest absolute Gasteiger partial charge is 0.348 e. The number of hydrogen-bond donors (Lipinski definition) is 1. The lowest BCUT2D eigenvalue weighted by atomic mass is 9.97. The molecule has 1 heterocycles. The van der Waals surface area contributed by atoms with Crippen molar-refractivity contribution in [1.29, 1.82) is 0 Å². The summed E-state index contributed by atoms with van der Waals surface area (Å²) >= 11 is 0. The number of hydrogen-bond acceptors (Lipinski definition) is 4. The normalized spacial score (nSPS) is 11.7. The molecule has 1 aromatic heterocycles. The molecule has 4 heteroatoms. The molecule has 4 nitrogen and oxygen atoms in total. The Labute approximate surface area is 113 Å². The molecule has 4 rings (SSSR count). The third-order valence-electron chi connectivity index (χ3n) is 3.68. The molecule has 0 bridgehead atoms. The summed E-state index contributed by atoms with van der Waals surface area (Å²) < 4.78 is 10.6. The predicted octanol–water partition coefficient (Wildman–Crippen LogP) is 3.25. The Morgan fingerprint density at radius 1 is 0.950 bits per heavy atom. The third kappa shape index (κ3) is 1.23. The van der Waals surface area contributed by atoms with Crippen molar-refractivity contribution in [1.82, 2.24) is 0 Å². The van der Waals surface area contributed by atoms with Crippen molar-refractivity contribution in [3.63, 3.8) is 0 Å². The quantitative estimate of drug-likeness (QED) is 0.424. The third-order valence-corrected chi connectivity index (χ3v) is 3.68. The number of rotatable bonds is 1. The lowest BCUT2D eigenvalue weighted by Gasteiger charge is -2.11. The molecule has 0 amide bonds. The first kappa shape index (κ1) is 11.1. The van der Waals surface area contributed by atoms with Crippen LogP contribution in [0.2, 0.25) is 0 Å². The highest BCUT2D eigenvalue weighted by molar-refractivity contribution is 6.23. The molecule has 0 saturated carbocycles. The van der Waals surface area contributed by atoms with Gasteiger partial charge in [0.25, 0.3) is 0 Å². The second-order valence-corrected chi connectivity index (χ2v) is 4.71. The fraction of sp³-hybridized carbons (Fsp3) is 0.0625. The minimum Gasteiger partial charge on any atom is -0.507 e. The largest absolute Gasteiger partial charge is 0.507 e. The highest BCUT2D eigenvalue weighted by atomic mass is 16.5. The van der Waals surface area contributed by atoms with Crippen molar-refractivity contribution in [3.05, 3.63) is 46.8 Å². The van der Waals surface area contributed by atoms with E-state index in [0.717, 1.165) is 16.2 Å². The van der Waals surface area contributed by atoms with Gasteiger partial charge in [0.1, 0.15) is 11.1 Å². The molecular formula is C16H10O4. The first-order valence-electron chi connectivity index (χ1n) is 6.18. The van der Waals surface area contributed by atoms with Gasteiger partial charge in [-0.2, -0.15) is 0 Å². The summed E-state index contributed by atoms with van der Waals surface area (Å²) in [6, 6.07) is 10.9. The molecule has 0 aliphatic heterocycles. The van der Waals surface area contributed by atoms with E-state index in [1.165, 1.54) is 13.2 Å². The number of benzene rings is 3. The van der Waals surface area contributed by atoms with Gasteiger partial charge in [0.05, 0.1) is 7.11 Å². The standard InChI is InChI=1S/C16H10O4/c1-19-11-7-5-9-3-2-8-4-6-10(17)14-12(8)13(9)15(11)20-16(14)18/h2-7,17H,1H3. The fourth-order valence-electron chi connectivity index (χ4n) is 2.78. The highest BCUT2D eigenvalue weighted by Crippen LogP contribution is 2.39. The van der Waals surface area contributed by atoms with E-state index < -0.39 is 5.63 Å². The molecule has 0 radical (unpaired) electrons. The SMILES string of the molecule is COc1ccc2ccc3ccc(O)c4c(=O)oc1c2c34. The molecule has 98 valence electrons. The van der Waals surface area contributed by atoms with Crippen LogP contribution in [-0.4, -0.2) is 12.2 Å². The van der Waals surface area contributed by atoms with Gasteiger partial charge in [-0.25, -0.2) is 4.79 Å². The van der Waals surface area contributed by atoms with Crippen LogP contribution in [0.4, 0.5) is 0 Å². The van der Waals surface area contributed by atoms with Gasteiger partial charge in [0.2, 0.25) is 0 Å². The molecule has 0 aliphatic carbocycles. The van der Waals surface area contributed by atoms with Gasteiger partial charge in [-0.3, -0.25) is 0 Å². The van der Waals surface area contributed by atoms with Crippen molar-refractivity contribution < 1.29 is 14.3 Å². The summed E-state index contributed by atoms with van der Waals surface area (Å²) in [7, 11) is 1.53. The van der Waals surface area contributed by atoms with Gasteiger partial charge >= 0.3 is 5.63 Å². The van der Waals surface area contributed by atoms with Gasteiger partial charge in [-0.05, 0) is 22.9 Å². The molecule has 20 heavy (non-hydrogen) atoms. The second-order valence-electron chi connectivity index (χ2n) is 4.71. The summed E-state index contributed by atoms with van der Waals surface area (Å²) in [5.74, 6) is 0.441.